The van der Waals surface area contributed by atoms with Gasteiger partial charge in [0.25, 0.3) is 0 Å². The number of fused-ring (bicyclic) bond motifs is 4. The molecule has 0 spiro atoms. The summed E-state index contributed by atoms with van der Waals surface area (Å²) in [5.74, 6) is 0.984. The summed E-state index contributed by atoms with van der Waals surface area (Å²) in [6.45, 7) is 5.16. The fourth-order valence-corrected chi connectivity index (χ4v) is 7.20. The van der Waals surface area contributed by atoms with Crippen molar-refractivity contribution in [1.29, 1.82) is 0 Å². The first-order chi connectivity index (χ1) is 21.1. The zero-order valence-electron chi connectivity index (χ0n) is 24.5. The van der Waals surface area contributed by atoms with E-state index in [1.807, 2.05) is 0 Å². The van der Waals surface area contributed by atoms with Crippen LogP contribution in [0.25, 0.3) is 11.1 Å². The van der Waals surface area contributed by atoms with Gasteiger partial charge in [-0.1, -0.05) is 133 Å². The Hall–Kier alpha value is -5.21. The molecule has 1 heterocycles. The summed E-state index contributed by atoms with van der Waals surface area (Å²) < 4.78 is 0. The van der Waals surface area contributed by atoms with E-state index in [-0.39, 0.29) is 0 Å². The third-order valence-electron chi connectivity index (χ3n) is 9.17. The molecule has 1 aliphatic heterocycles. The van der Waals surface area contributed by atoms with E-state index in [1.165, 1.54) is 55.8 Å². The van der Waals surface area contributed by atoms with E-state index in [1.54, 1.807) is 0 Å². The molecule has 2 heteroatoms. The van der Waals surface area contributed by atoms with Crippen LogP contribution in [-0.2, 0) is 12.0 Å². The predicted molar refractivity (Wildman–Crippen MR) is 178 cm³/mol. The molecule has 2 aliphatic rings. The zero-order chi connectivity index (χ0) is 29.0. The van der Waals surface area contributed by atoms with E-state index < -0.39 is 5.41 Å². The van der Waals surface area contributed by atoms with Crippen LogP contribution >= 0.6 is 0 Å². The third kappa shape index (κ3) is 3.90. The molecule has 206 valence electrons. The Morgan fingerprint density at radius 3 is 1.91 bits per heavy atom. The van der Waals surface area contributed by atoms with Crippen molar-refractivity contribution in [2.24, 2.45) is 4.99 Å². The second-order valence-electron chi connectivity index (χ2n) is 11.7. The van der Waals surface area contributed by atoms with Gasteiger partial charge in [0.05, 0.1) is 17.6 Å². The first-order valence-electron chi connectivity index (χ1n) is 15.0. The third-order valence-corrected chi connectivity index (χ3v) is 9.17. The van der Waals surface area contributed by atoms with Crippen molar-refractivity contribution >= 4 is 17.2 Å². The van der Waals surface area contributed by atoms with Crippen molar-refractivity contribution in [3.63, 3.8) is 0 Å². The normalized spacial score (nSPS) is 14.5. The van der Waals surface area contributed by atoms with Gasteiger partial charge in [0, 0.05) is 11.3 Å². The fraction of sp³-hybridized carbons (Fsp3) is 0.0976. The molecule has 0 aromatic heterocycles. The largest absolute Gasteiger partial charge is 0.321 e. The number of hydrogen-bond donors (Lipinski definition) is 0. The lowest BCUT2D eigenvalue weighted by atomic mass is 9.67. The number of nitrogens with zero attached hydrogens (tertiary/aromatic N) is 2. The Labute approximate surface area is 253 Å². The molecule has 0 radical (unpaired) electrons. The quantitative estimate of drug-likeness (QED) is 0.212. The predicted octanol–water partition coefficient (Wildman–Crippen LogP) is 9.77. The average Bonchev–Trinajstić information content (AvgIpc) is 3.34. The molecule has 0 N–H and O–H groups in total. The van der Waals surface area contributed by atoms with Crippen molar-refractivity contribution in [1.82, 2.24) is 0 Å². The molecule has 0 saturated heterocycles. The Kier molecular flexibility index (Phi) is 5.90. The molecule has 2 nitrogen and oxygen atoms in total. The lowest BCUT2D eigenvalue weighted by molar-refractivity contribution is 0.767. The summed E-state index contributed by atoms with van der Waals surface area (Å²) in [5, 5.41) is 0. The smallest absolute Gasteiger partial charge is 0.141 e. The van der Waals surface area contributed by atoms with Crippen LogP contribution in [0.15, 0.2) is 151 Å². The molecular formula is C41H32N2. The molecule has 0 unspecified atom stereocenters. The lowest BCUT2D eigenvalue weighted by Crippen LogP contribution is -2.34. The van der Waals surface area contributed by atoms with Gasteiger partial charge in [0.1, 0.15) is 5.84 Å². The fourth-order valence-electron chi connectivity index (χ4n) is 7.20. The van der Waals surface area contributed by atoms with Gasteiger partial charge in [0.15, 0.2) is 0 Å². The van der Waals surface area contributed by atoms with E-state index in [9.17, 15) is 0 Å². The van der Waals surface area contributed by atoms with Crippen molar-refractivity contribution < 1.29 is 0 Å². The lowest BCUT2D eigenvalue weighted by Gasteiger charge is -2.35. The first-order valence-corrected chi connectivity index (χ1v) is 15.0. The Morgan fingerprint density at radius 2 is 1.19 bits per heavy atom. The van der Waals surface area contributed by atoms with Crippen LogP contribution in [-0.4, -0.2) is 5.84 Å². The van der Waals surface area contributed by atoms with Crippen LogP contribution in [0.1, 0.15) is 44.5 Å². The number of aliphatic imine (C=N–C) groups is 1. The number of aryl methyl sites for hydroxylation is 2. The Morgan fingerprint density at radius 1 is 0.581 bits per heavy atom. The number of hydrogen-bond acceptors (Lipinski definition) is 2. The van der Waals surface area contributed by atoms with Gasteiger partial charge in [-0.2, -0.15) is 0 Å². The topological polar surface area (TPSA) is 15.6 Å². The van der Waals surface area contributed by atoms with Gasteiger partial charge in [-0.15, -0.1) is 0 Å². The van der Waals surface area contributed by atoms with E-state index in [0.29, 0.717) is 0 Å². The Bertz CT molecular complexity index is 1980. The number of amidine groups is 1. The highest BCUT2D eigenvalue weighted by Gasteiger charge is 2.46. The monoisotopic (exact) mass is 552 g/mol. The maximum absolute atomic E-state index is 5.34. The molecular weight excluding hydrogens is 520 g/mol. The van der Waals surface area contributed by atoms with Crippen LogP contribution in [0.4, 0.5) is 11.4 Å². The summed E-state index contributed by atoms with van der Waals surface area (Å²) >= 11 is 0. The number of benzene rings is 6. The minimum Gasteiger partial charge on any atom is -0.321 e. The number of rotatable bonds is 4. The summed E-state index contributed by atoms with van der Waals surface area (Å²) in [5.41, 5.74) is 14.4. The molecule has 0 fully saturated rings. The average molecular weight is 553 g/mol. The minimum absolute atomic E-state index is 0.449. The van der Waals surface area contributed by atoms with Crippen molar-refractivity contribution in [2.45, 2.75) is 25.8 Å². The van der Waals surface area contributed by atoms with Gasteiger partial charge in [0.2, 0.25) is 0 Å². The summed E-state index contributed by atoms with van der Waals surface area (Å²) in [6, 6.07) is 53.1. The summed E-state index contributed by atoms with van der Waals surface area (Å²) in [6.07, 6.45) is 0. The summed E-state index contributed by atoms with van der Waals surface area (Å²) in [7, 11) is 0. The number of para-hydroxylation sites is 2. The second-order valence-corrected chi connectivity index (χ2v) is 11.7. The highest BCUT2D eigenvalue weighted by Crippen LogP contribution is 2.56. The summed E-state index contributed by atoms with van der Waals surface area (Å²) in [4.78, 5) is 7.73. The van der Waals surface area contributed by atoms with Gasteiger partial charge < -0.3 is 4.90 Å². The molecule has 0 bridgehead atoms. The van der Waals surface area contributed by atoms with Gasteiger partial charge >= 0.3 is 0 Å². The molecule has 43 heavy (non-hydrogen) atoms. The molecule has 8 rings (SSSR count). The van der Waals surface area contributed by atoms with Crippen LogP contribution in [0, 0.1) is 13.8 Å². The minimum atomic E-state index is -0.449. The SMILES string of the molecule is Cc1ccc2c(c1)C(c1ccccc1)(c1ccccc1)c1cc(C3=Nc4ccccc4CN3c3ccccc3C)ccc1-2. The molecule has 0 atom stereocenters. The van der Waals surface area contributed by atoms with E-state index in [0.717, 1.165) is 23.6 Å². The Balaban J connectivity index is 1.42. The molecule has 6 aromatic rings. The molecule has 0 saturated carbocycles. The number of anilines is 1. The van der Waals surface area contributed by atoms with E-state index in [4.69, 9.17) is 4.99 Å². The second kappa shape index (κ2) is 9.96. The molecule has 1 aliphatic carbocycles. The standard InChI is InChI=1S/C41H32N2/c1-28-21-23-34-35-24-22-30(40-42-38-19-11-10-14-31(38)27-43(40)39-20-12-9-13-29(39)2)26-37(35)41(36(34)25-28,32-15-5-3-6-16-32)33-17-7-4-8-18-33/h3-26H,27H2,1-2H3. The van der Waals surface area contributed by atoms with E-state index >= 15 is 0 Å². The van der Waals surface area contributed by atoms with E-state index in [2.05, 4.69) is 164 Å². The van der Waals surface area contributed by atoms with Crippen molar-refractivity contribution in [3.8, 4) is 11.1 Å². The van der Waals surface area contributed by atoms with Gasteiger partial charge in [-0.3, -0.25) is 0 Å². The highest BCUT2D eigenvalue weighted by atomic mass is 15.2. The van der Waals surface area contributed by atoms with Crippen LogP contribution in [0.3, 0.4) is 0 Å². The van der Waals surface area contributed by atoms with Gasteiger partial charge in [-0.05, 0) is 76.6 Å². The zero-order valence-corrected chi connectivity index (χ0v) is 24.5. The first kappa shape index (κ1) is 25.5. The van der Waals surface area contributed by atoms with Crippen molar-refractivity contribution in [2.75, 3.05) is 4.90 Å². The van der Waals surface area contributed by atoms with Crippen LogP contribution in [0.5, 0.6) is 0 Å². The maximum atomic E-state index is 5.34. The molecule has 0 amide bonds. The van der Waals surface area contributed by atoms with Gasteiger partial charge in [-0.25, -0.2) is 4.99 Å². The maximum Gasteiger partial charge on any atom is 0.141 e. The molecule has 6 aromatic carbocycles. The van der Waals surface area contributed by atoms with Crippen LogP contribution in [0.2, 0.25) is 0 Å². The van der Waals surface area contributed by atoms with Crippen molar-refractivity contribution in [3.05, 3.63) is 190 Å². The van der Waals surface area contributed by atoms with Crippen LogP contribution < -0.4 is 4.90 Å². The highest BCUT2D eigenvalue weighted by molar-refractivity contribution is 6.13.